The van der Waals surface area contributed by atoms with Crippen LogP contribution in [0.3, 0.4) is 0 Å². The third kappa shape index (κ3) is 3.22. The van der Waals surface area contributed by atoms with Crippen molar-refractivity contribution in [2.75, 3.05) is 18.0 Å². The van der Waals surface area contributed by atoms with Gasteiger partial charge < -0.3 is 10.0 Å². The van der Waals surface area contributed by atoms with E-state index < -0.39 is 30.5 Å². The summed E-state index contributed by atoms with van der Waals surface area (Å²) in [7, 11) is 0. The number of hydrogen-bond donors (Lipinski definition) is 1. The van der Waals surface area contributed by atoms with Crippen molar-refractivity contribution in [3.8, 4) is 11.5 Å². The van der Waals surface area contributed by atoms with E-state index in [1.54, 1.807) is 24.4 Å². The molecule has 2 aliphatic rings. The van der Waals surface area contributed by atoms with Gasteiger partial charge in [-0.2, -0.15) is 13.2 Å². The van der Waals surface area contributed by atoms with Crippen LogP contribution < -0.4 is 4.90 Å². The molecule has 3 heterocycles. The Morgan fingerprint density at radius 3 is 2.63 bits per heavy atom. The molecule has 0 spiro atoms. The van der Waals surface area contributed by atoms with Crippen LogP contribution in [0.4, 0.5) is 19.0 Å². The molecule has 6 nitrogen and oxygen atoms in total. The van der Waals surface area contributed by atoms with E-state index in [0.29, 0.717) is 23.8 Å². The van der Waals surface area contributed by atoms with Gasteiger partial charge in [-0.3, -0.25) is 9.78 Å². The molecule has 1 fully saturated rings. The number of carbonyl (C=O) groups is 1. The highest BCUT2D eigenvalue weighted by atomic mass is 19.4. The summed E-state index contributed by atoms with van der Waals surface area (Å²) in [6, 6.07) is 5.28. The zero-order valence-corrected chi connectivity index (χ0v) is 14.3. The molecule has 2 atom stereocenters. The van der Waals surface area contributed by atoms with Crippen LogP contribution in [0.2, 0.25) is 0 Å². The Balaban J connectivity index is 1.76. The highest BCUT2D eigenvalue weighted by Gasteiger charge is 2.53. The van der Waals surface area contributed by atoms with Crippen molar-refractivity contribution in [3.05, 3.63) is 35.7 Å². The third-order valence-corrected chi connectivity index (χ3v) is 5.16. The van der Waals surface area contributed by atoms with E-state index in [2.05, 4.69) is 15.0 Å². The molecule has 1 saturated heterocycles. The fourth-order valence-electron chi connectivity index (χ4n) is 3.84. The summed E-state index contributed by atoms with van der Waals surface area (Å²) in [6.07, 6.45) is -0.720. The Hall–Kier alpha value is -2.71. The first-order valence-electron chi connectivity index (χ1n) is 8.70. The van der Waals surface area contributed by atoms with Crippen LogP contribution in [-0.2, 0) is 17.6 Å². The lowest BCUT2D eigenvalue weighted by Gasteiger charge is -2.21. The summed E-state index contributed by atoms with van der Waals surface area (Å²) in [6.45, 7) is -0.629. The van der Waals surface area contributed by atoms with E-state index in [-0.39, 0.29) is 6.54 Å². The molecule has 1 N–H and O–H groups in total. The van der Waals surface area contributed by atoms with Gasteiger partial charge in [-0.15, -0.1) is 0 Å². The molecule has 1 aliphatic heterocycles. The molecule has 2 aromatic heterocycles. The molecule has 0 bridgehead atoms. The average Bonchev–Trinajstić information content (AvgIpc) is 3.28. The highest BCUT2D eigenvalue weighted by molar-refractivity contribution is 5.73. The molecule has 0 saturated carbocycles. The van der Waals surface area contributed by atoms with Crippen molar-refractivity contribution >= 4 is 11.8 Å². The minimum Gasteiger partial charge on any atom is -0.481 e. The fourth-order valence-corrected chi connectivity index (χ4v) is 3.84. The van der Waals surface area contributed by atoms with Gasteiger partial charge in [-0.25, -0.2) is 9.97 Å². The van der Waals surface area contributed by atoms with E-state index in [1.165, 1.54) is 4.90 Å². The maximum absolute atomic E-state index is 13.3. The Morgan fingerprint density at radius 1 is 1.19 bits per heavy atom. The summed E-state index contributed by atoms with van der Waals surface area (Å²) in [5.74, 6) is -4.09. The number of aryl methyl sites for hydroxylation is 1. The Labute approximate surface area is 153 Å². The molecule has 0 amide bonds. The molecule has 0 aromatic carbocycles. The molecule has 2 aromatic rings. The number of hydrogen-bond acceptors (Lipinski definition) is 5. The zero-order valence-electron chi connectivity index (χ0n) is 14.3. The number of fused-ring (bicyclic) bond motifs is 1. The molecule has 142 valence electrons. The number of nitrogens with zero attached hydrogens (tertiary/aromatic N) is 4. The lowest BCUT2D eigenvalue weighted by Crippen LogP contribution is -2.33. The number of anilines is 1. The van der Waals surface area contributed by atoms with Crippen LogP contribution in [0, 0.1) is 11.8 Å². The second-order valence-corrected chi connectivity index (χ2v) is 6.86. The summed E-state index contributed by atoms with van der Waals surface area (Å²) >= 11 is 0. The predicted molar refractivity (Wildman–Crippen MR) is 90.2 cm³/mol. The Morgan fingerprint density at radius 2 is 2.00 bits per heavy atom. The van der Waals surface area contributed by atoms with Crippen LogP contribution in [0.15, 0.2) is 24.4 Å². The minimum atomic E-state index is -4.57. The van der Waals surface area contributed by atoms with Crippen molar-refractivity contribution in [2.45, 2.75) is 25.4 Å². The monoisotopic (exact) mass is 378 g/mol. The molecule has 0 unspecified atom stereocenters. The summed E-state index contributed by atoms with van der Waals surface area (Å²) in [5, 5.41) is 9.27. The largest absolute Gasteiger partial charge is 0.481 e. The SMILES string of the molecule is O=C(O)[C@@H]1CN(c2nc(-c3ccccn3)nc3c2CCC3)C[C@H]1C(F)(F)F. The van der Waals surface area contributed by atoms with Gasteiger partial charge >= 0.3 is 12.1 Å². The van der Waals surface area contributed by atoms with Gasteiger partial charge in [0.25, 0.3) is 0 Å². The van der Waals surface area contributed by atoms with Gasteiger partial charge in [0, 0.05) is 30.5 Å². The fraction of sp³-hybridized carbons (Fsp3) is 0.444. The first-order chi connectivity index (χ1) is 12.8. The highest BCUT2D eigenvalue weighted by Crippen LogP contribution is 2.41. The summed E-state index contributed by atoms with van der Waals surface area (Å²) in [4.78, 5) is 26.1. The number of aliphatic carboxylic acids is 1. The van der Waals surface area contributed by atoms with Crippen LogP contribution in [0.25, 0.3) is 11.5 Å². The second kappa shape index (κ2) is 6.47. The van der Waals surface area contributed by atoms with Gasteiger partial charge in [0.05, 0.1) is 11.8 Å². The van der Waals surface area contributed by atoms with E-state index in [0.717, 1.165) is 24.1 Å². The van der Waals surface area contributed by atoms with Crippen molar-refractivity contribution in [1.29, 1.82) is 0 Å². The molecule has 0 radical (unpaired) electrons. The van der Waals surface area contributed by atoms with Crippen LogP contribution in [0.1, 0.15) is 17.7 Å². The first kappa shape index (κ1) is 17.7. The second-order valence-electron chi connectivity index (χ2n) is 6.86. The van der Waals surface area contributed by atoms with Crippen molar-refractivity contribution < 1.29 is 23.1 Å². The average molecular weight is 378 g/mol. The lowest BCUT2D eigenvalue weighted by atomic mass is 9.96. The van der Waals surface area contributed by atoms with Gasteiger partial charge in [0.1, 0.15) is 11.5 Å². The number of rotatable bonds is 3. The van der Waals surface area contributed by atoms with E-state index in [4.69, 9.17) is 0 Å². The number of aromatic nitrogens is 3. The first-order valence-corrected chi connectivity index (χ1v) is 8.70. The number of pyridine rings is 1. The number of carboxylic acids is 1. The van der Waals surface area contributed by atoms with Gasteiger partial charge in [-0.05, 0) is 31.4 Å². The molecular formula is C18H17F3N4O2. The number of alkyl halides is 3. The lowest BCUT2D eigenvalue weighted by molar-refractivity contribution is -0.187. The predicted octanol–water partition coefficient (Wildman–Crippen LogP) is 2.73. The molecule has 4 rings (SSSR count). The summed E-state index contributed by atoms with van der Waals surface area (Å²) in [5.41, 5.74) is 2.17. The van der Waals surface area contributed by atoms with Crippen molar-refractivity contribution in [3.63, 3.8) is 0 Å². The number of carboxylic acid groups (broad SMARTS) is 1. The molecular weight excluding hydrogens is 361 g/mol. The molecule has 9 heteroatoms. The van der Waals surface area contributed by atoms with Crippen LogP contribution in [-0.4, -0.2) is 45.3 Å². The van der Waals surface area contributed by atoms with Gasteiger partial charge in [0.15, 0.2) is 5.82 Å². The van der Waals surface area contributed by atoms with Gasteiger partial charge in [-0.1, -0.05) is 6.07 Å². The Kier molecular flexibility index (Phi) is 4.24. The van der Waals surface area contributed by atoms with Crippen molar-refractivity contribution in [1.82, 2.24) is 15.0 Å². The third-order valence-electron chi connectivity index (χ3n) is 5.16. The molecule has 27 heavy (non-hydrogen) atoms. The van der Waals surface area contributed by atoms with Crippen LogP contribution >= 0.6 is 0 Å². The van der Waals surface area contributed by atoms with Gasteiger partial charge in [0.2, 0.25) is 0 Å². The minimum absolute atomic E-state index is 0.218. The maximum atomic E-state index is 13.3. The number of halogens is 3. The Bertz CT molecular complexity index is 873. The molecule has 1 aliphatic carbocycles. The zero-order chi connectivity index (χ0) is 19.2. The van der Waals surface area contributed by atoms with E-state index >= 15 is 0 Å². The topological polar surface area (TPSA) is 79.2 Å². The normalized spacial score (nSPS) is 22.1. The van der Waals surface area contributed by atoms with Crippen molar-refractivity contribution in [2.24, 2.45) is 11.8 Å². The maximum Gasteiger partial charge on any atom is 0.394 e. The van der Waals surface area contributed by atoms with E-state index in [1.807, 2.05) is 0 Å². The standard InChI is InChI=1S/C18H17F3N4O2/c19-18(20,21)12-9-25(8-11(12)17(26)27)16-10-4-3-6-13(10)23-15(24-16)14-5-1-2-7-22-14/h1-2,5,7,11-12H,3-4,6,8-9H2,(H,26,27)/t11-,12-/m1/s1. The smallest absolute Gasteiger partial charge is 0.394 e. The van der Waals surface area contributed by atoms with E-state index in [9.17, 15) is 23.1 Å². The quantitative estimate of drug-likeness (QED) is 0.885. The van der Waals surface area contributed by atoms with Crippen LogP contribution in [0.5, 0.6) is 0 Å². The summed E-state index contributed by atoms with van der Waals surface area (Å²) < 4.78 is 40.0.